The van der Waals surface area contributed by atoms with E-state index in [2.05, 4.69) is 20.1 Å². The fourth-order valence-electron chi connectivity index (χ4n) is 3.86. The minimum atomic E-state index is -0.0519. The summed E-state index contributed by atoms with van der Waals surface area (Å²) in [5, 5.41) is 11.7. The molecule has 2 aromatic carbocycles. The van der Waals surface area contributed by atoms with Crippen LogP contribution in [0.2, 0.25) is 0 Å². The Morgan fingerprint density at radius 2 is 1.84 bits per heavy atom. The van der Waals surface area contributed by atoms with Crippen molar-refractivity contribution in [3.63, 3.8) is 0 Å². The van der Waals surface area contributed by atoms with Crippen molar-refractivity contribution in [3.05, 3.63) is 48.3 Å². The molecular formula is C23H24N4O3S. The molecule has 2 aliphatic rings. The molecule has 0 saturated heterocycles. The van der Waals surface area contributed by atoms with E-state index < -0.39 is 0 Å². The van der Waals surface area contributed by atoms with E-state index in [-0.39, 0.29) is 5.91 Å². The largest absolute Gasteiger partial charge is 0.486 e. The number of ether oxygens (including phenoxy) is 2. The number of benzene rings is 2. The van der Waals surface area contributed by atoms with Crippen LogP contribution in [0.4, 0.5) is 5.69 Å². The van der Waals surface area contributed by atoms with Crippen LogP contribution in [-0.2, 0) is 17.8 Å². The summed E-state index contributed by atoms with van der Waals surface area (Å²) in [6, 6.07) is 13.6. The van der Waals surface area contributed by atoms with Crippen LogP contribution >= 0.6 is 11.8 Å². The third kappa shape index (κ3) is 4.54. The fraction of sp³-hybridized carbons (Fsp3) is 0.348. The average molecular weight is 437 g/mol. The highest BCUT2D eigenvalue weighted by Gasteiger charge is 2.16. The Bertz CT molecular complexity index is 1080. The standard InChI is InChI=1S/C23H24N4O3S/c28-22(15-31-18-9-10-19-20(14-18)30-13-12-29-19)24-17-7-5-16(6-8-17)23-26-25-21-4-2-1-3-11-27(21)23/h5-10,14H,1-4,11-13,15H2,(H,24,28). The van der Waals surface area contributed by atoms with E-state index in [1.807, 2.05) is 42.5 Å². The number of fused-ring (bicyclic) bond motifs is 2. The maximum atomic E-state index is 12.4. The van der Waals surface area contributed by atoms with Crippen molar-refractivity contribution in [1.82, 2.24) is 14.8 Å². The number of amides is 1. The molecule has 1 N–H and O–H groups in total. The van der Waals surface area contributed by atoms with Crippen molar-refractivity contribution in [2.75, 3.05) is 24.3 Å². The number of carbonyl (C=O) groups excluding carboxylic acids is 1. The summed E-state index contributed by atoms with van der Waals surface area (Å²) in [6.45, 7) is 2.09. The first-order chi connectivity index (χ1) is 15.3. The molecule has 160 valence electrons. The lowest BCUT2D eigenvalue weighted by atomic mass is 10.2. The maximum Gasteiger partial charge on any atom is 0.234 e. The second-order valence-electron chi connectivity index (χ2n) is 7.62. The number of rotatable bonds is 5. The Kier molecular flexibility index (Phi) is 5.80. The topological polar surface area (TPSA) is 78.3 Å². The van der Waals surface area contributed by atoms with E-state index in [4.69, 9.17) is 9.47 Å². The van der Waals surface area contributed by atoms with Crippen molar-refractivity contribution in [1.29, 1.82) is 0 Å². The zero-order valence-corrected chi connectivity index (χ0v) is 18.0. The second-order valence-corrected chi connectivity index (χ2v) is 8.67. The Hall–Kier alpha value is -3.00. The molecule has 3 heterocycles. The van der Waals surface area contributed by atoms with Gasteiger partial charge in [-0.2, -0.15) is 0 Å². The molecule has 0 unspecified atom stereocenters. The summed E-state index contributed by atoms with van der Waals surface area (Å²) < 4.78 is 13.4. The van der Waals surface area contributed by atoms with Gasteiger partial charge in [-0.1, -0.05) is 6.42 Å². The summed E-state index contributed by atoms with van der Waals surface area (Å²) in [7, 11) is 0. The van der Waals surface area contributed by atoms with Gasteiger partial charge in [0, 0.05) is 29.1 Å². The van der Waals surface area contributed by atoms with Gasteiger partial charge in [0.15, 0.2) is 17.3 Å². The molecule has 1 aromatic heterocycles. The lowest BCUT2D eigenvalue weighted by Crippen LogP contribution is -2.15. The SMILES string of the molecule is O=C(CSc1ccc2c(c1)OCCO2)Nc1ccc(-c2nnc3n2CCCCC3)cc1. The molecule has 0 radical (unpaired) electrons. The average Bonchev–Trinajstić information content (AvgIpc) is 3.06. The van der Waals surface area contributed by atoms with Crippen LogP contribution in [0, 0.1) is 0 Å². The number of anilines is 1. The molecule has 31 heavy (non-hydrogen) atoms. The lowest BCUT2D eigenvalue weighted by Gasteiger charge is -2.18. The summed E-state index contributed by atoms with van der Waals surface area (Å²) in [4.78, 5) is 13.4. The van der Waals surface area contributed by atoms with Gasteiger partial charge in [-0.15, -0.1) is 22.0 Å². The number of aryl methyl sites for hydroxylation is 1. The maximum absolute atomic E-state index is 12.4. The number of hydrogen-bond donors (Lipinski definition) is 1. The van der Waals surface area contributed by atoms with Crippen molar-refractivity contribution in [2.24, 2.45) is 0 Å². The van der Waals surface area contributed by atoms with Gasteiger partial charge in [0.1, 0.15) is 19.0 Å². The van der Waals surface area contributed by atoms with Crippen molar-refractivity contribution >= 4 is 23.4 Å². The molecular weight excluding hydrogens is 412 g/mol. The van der Waals surface area contributed by atoms with E-state index in [0.717, 1.165) is 58.7 Å². The predicted octanol–water partition coefficient (Wildman–Crippen LogP) is 4.17. The highest BCUT2D eigenvalue weighted by atomic mass is 32.2. The molecule has 0 aliphatic carbocycles. The van der Waals surface area contributed by atoms with Crippen molar-refractivity contribution in [3.8, 4) is 22.9 Å². The summed E-state index contributed by atoms with van der Waals surface area (Å²) >= 11 is 1.47. The second kappa shape index (κ2) is 9.01. The highest BCUT2D eigenvalue weighted by Crippen LogP contribution is 2.34. The molecule has 5 rings (SSSR count). The number of nitrogens with one attached hydrogen (secondary N) is 1. The predicted molar refractivity (Wildman–Crippen MR) is 120 cm³/mol. The van der Waals surface area contributed by atoms with Crippen LogP contribution in [0.15, 0.2) is 47.4 Å². The van der Waals surface area contributed by atoms with Crippen LogP contribution < -0.4 is 14.8 Å². The molecule has 3 aromatic rings. The zero-order valence-electron chi connectivity index (χ0n) is 17.2. The lowest BCUT2D eigenvalue weighted by molar-refractivity contribution is -0.113. The number of nitrogens with zero attached hydrogens (tertiary/aromatic N) is 3. The third-order valence-corrected chi connectivity index (χ3v) is 6.41. The minimum absolute atomic E-state index is 0.0519. The Balaban J connectivity index is 1.19. The van der Waals surface area contributed by atoms with Gasteiger partial charge in [0.05, 0.1) is 5.75 Å². The zero-order chi connectivity index (χ0) is 21.0. The van der Waals surface area contributed by atoms with Gasteiger partial charge in [-0.3, -0.25) is 4.79 Å². The van der Waals surface area contributed by atoms with E-state index in [1.165, 1.54) is 24.6 Å². The van der Waals surface area contributed by atoms with Gasteiger partial charge in [0.25, 0.3) is 0 Å². The molecule has 8 heteroatoms. The number of aromatic nitrogens is 3. The van der Waals surface area contributed by atoms with Gasteiger partial charge >= 0.3 is 0 Å². The van der Waals surface area contributed by atoms with Crippen molar-refractivity contribution < 1.29 is 14.3 Å². The highest BCUT2D eigenvalue weighted by molar-refractivity contribution is 8.00. The number of carbonyl (C=O) groups is 1. The van der Waals surface area contributed by atoms with Gasteiger partial charge < -0.3 is 19.4 Å². The monoisotopic (exact) mass is 436 g/mol. The quantitative estimate of drug-likeness (QED) is 0.605. The normalized spacial score (nSPS) is 15.1. The first kappa shape index (κ1) is 19.9. The molecule has 0 fully saturated rings. The molecule has 0 spiro atoms. The van der Waals surface area contributed by atoms with Gasteiger partial charge in [-0.25, -0.2) is 0 Å². The summed E-state index contributed by atoms with van der Waals surface area (Å²) in [5.74, 6) is 3.73. The minimum Gasteiger partial charge on any atom is -0.486 e. The molecule has 1 amide bonds. The first-order valence-corrected chi connectivity index (χ1v) is 11.6. The Morgan fingerprint density at radius 3 is 2.71 bits per heavy atom. The van der Waals surface area contributed by atoms with Crippen molar-refractivity contribution in [2.45, 2.75) is 37.1 Å². The van der Waals surface area contributed by atoms with E-state index >= 15 is 0 Å². The molecule has 2 aliphatic heterocycles. The molecule has 0 bridgehead atoms. The molecule has 7 nitrogen and oxygen atoms in total. The Morgan fingerprint density at radius 1 is 1.00 bits per heavy atom. The summed E-state index contributed by atoms with van der Waals surface area (Å²) in [5.41, 5.74) is 1.79. The molecule has 0 saturated carbocycles. The van der Waals surface area contributed by atoms with Crippen LogP contribution in [0.1, 0.15) is 25.1 Å². The Labute approximate surface area is 185 Å². The fourth-order valence-corrected chi connectivity index (χ4v) is 4.59. The van der Waals surface area contributed by atoms with Gasteiger partial charge in [-0.05, 0) is 55.3 Å². The smallest absolute Gasteiger partial charge is 0.234 e. The number of hydrogen-bond acceptors (Lipinski definition) is 6. The van der Waals surface area contributed by atoms with E-state index in [9.17, 15) is 4.79 Å². The van der Waals surface area contributed by atoms with Crippen LogP contribution in [-0.4, -0.2) is 39.6 Å². The van der Waals surface area contributed by atoms with E-state index in [0.29, 0.717) is 19.0 Å². The first-order valence-electron chi connectivity index (χ1n) is 10.6. The van der Waals surface area contributed by atoms with Crippen LogP contribution in [0.5, 0.6) is 11.5 Å². The number of thioether (sulfide) groups is 1. The van der Waals surface area contributed by atoms with Gasteiger partial charge in [0.2, 0.25) is 5.91 Å². The van der Waals surface area contributed by atoms with E-state index in [1.54, 1.807) is 0 Å². The summed E-state index contributed by atoms with van der Waals surface area (Å²) in [6.07, 6.45) is 4.56. The third-order valence-electron chi connectivity index (χ3n) is 5.42. The molecule has 0 atom stereocenters. The van der Waals surface area contributed by atoms with Crippen LogP contribution in [0.25, 0.3) is 11.4 Å². The van der Waals surface area contributed by atoms with Crippen LogP contribution in [0.3, 0.4) is 0 Å².